The fourth-order valence-corrected chi connectivity index (χ4v) is 3.77. The third-order valence-electron chi connectivity index (χ3n) is 2.74. The number of nitrogens with zero attached hydrogens (tertiary/aromatic N) is 1. The van der Waals surface area contributed by atoms with Crippen LogP contribution in [0.3, 0.4) is 0 Å². The first-order valence-electron chi connectivity index (χ1n) is 6.22. The standard InChI is InChI=1S/C15H11BrN2OS2/c1-9-2-7-12(20-9)8-13-14(19)18-15(21-13)17-11-5-3-10(16)4-6-11/h2-8H,1H3,(H,17,18,19). The second-order valence-corrected chi connectivity index (χ2v) is 7.67. The lowest BCUT2D eigenvalue weighted by atomic mass is 10.3. The minimum absolute atomic E-state index is 0.0954. The number of rotatable bonds is 2. The van der Waals surface area contributed by atoms with Crippen LogP contribution in [0.25, 0.3) is 6.08 Å². The van der Waals surface area contributed by atoms with E-state index in [9.17, 15) is 4.79 Å². The molecule has 3 rings (SSSR count). The number of carbonyl (C=O) groups excluding carboxylic acids is 1. The molecular weight excluding hydrogens is 368 g/mol. The van der Waals surface area contributed by atoms with Crippen LogP contribution in [0, 0.1) is 6.92 Å². The maximum atomic E-state index is 12.0. The molecule has 1 amide bonds. The molecule has 0 spiro atoms. The summed E-state index contributed by atoms with van der Waals surface area (Å²) in [5.74, 6) is -0.0954. The molecule has 0 saturated carbocycles. The van der Waals surface area contributed by atoms with Gasteiger partial charge in [-0.2, -0.15) is 0 Å². The minimum Gasteiger partial charge on any atom is -0.300 e. The predicted molar refractivity (Wildman–Crippen MR) is 94.0 cm³/mol. The third-order valence-corrected chi connectivity index (χ3v) is 5.13. The number of aliphatic imine (C=N–C) groups is 1. The van der Waals surface area contributed by atoms with Gasteiger partial charge in [-0.15, -0.1) is 11.3 Å². The molecule has 1 fully saturated rings. The lowest BCUT2D eigenvalue weighted by molar-refractivity contribution is -0.115. The summed E-state index contributed by atoms with van der Waals surface area (Å²) in [4.78, 5) is 19.4. The largest absolute Gasteiger partial charge is 0.300 e. The molecule has 0 bridgehead atoms. The van der Waals surface area contributed by atoms with Crippen LogP contribution >= 0.6 is 39.0 Å². The van der Waals surface area contributed by atoms with Crippen LogP contribution in [0.2, 0.25) is 0 Å². The Morgan fingerprint density at radius 3 is 2.62 bits per heavy atom. The first-order chi connectivity index (χ1) is 10.1. The van der Waals surface area contributed by atoms with Crippen LogP contribution in [0.4, 0.5) is 5.69 Å². The molecule has 0 aliphatic carbocycles. The van der Waals surface area contributed by atoms with Gasteiger partial charge in [-0.25, -0.2) is 4.99 Å². The second kappa shape index (κ2) is 6.17. The van der Waals surface area contributed by atoms with E-state index in [2.05, 4.69) is 33.2 Å². The molecule has 2 heterocycles. The van der Waals surface area contributed by atoms with Crippen molar-refractivity contribution >= 4 is 61.9 Å². The van der Waals surface area contributed by atoms with Crippen molar-refractivity contribution in [2.45, 2.75) is 6.92 Å². The van der Waals surface area contributed by atoms with Gasteiger partial charge in [0.2, 0.25) is 0 Å². The smallest absolute Gasteiger partial charge is 0.264 e. The van der Waals surface area contributed by atoms with Crippen LogP contribution in [-0.4, -0.2) is 11.1 Å². The van der Waals surface area contributed by atoms with Gasteiger partial charge in [0.1, 0.15) is 0 Å². The van der Waals surface area contributed by atoms with E-state index in [1.54, 1.807) is 11.3 Å². The SMILES string of the molecule is Cc1ccc(C=C2SC(=Nc3ccc(Br)cc3)NC2=O)s1. The third kappa shape index (κ3) is 3.64. The summed E-state index contributed by atoms with van der Waals surface area (Å²) in [6.45, 7) is 2.05. The van der Waals surface area contributed by atoms with E-state index in [0.717, 1.165) is 15.0 Å². The van der Waals surface area contributed by atoms with E-state index in [4.69, 9.17) is 0 Å². The highest BCUT2D eigenvalue weighted by molar-refractivity contribution is 9.10. The highest BCUT2D eigenvalue weighted by atomic mass is 79.9. The Morgan fingerprint density at radius 2 is 1.95 bits per heavy atom. The highest BCUT2D eigenvalue weighted by Crippen LogP contribution is 2.30. The van der Waals surface area contributed by atoms with E-state index in [1.807, 2.05) is 42.5 Å². The first kappa shape index (κ1) is 14.6. The van der Waals surface area contributed by atoms with E-state index in [0.29, 0.717) is 10.1 Å². The molecule has 2 aromatic rings. The van der Waals surface area contributed by atoms with Crippen molar-refractivity contribution in [3.05, 3.63) is 55.5 Å². The zero-order valence-corrected chi connectivity index (χ0v) is 14.3. The van der Waals surface area contributed by atoms with Crippen molar-refractivity contribution in [3.63, 3.8) is 0 Å². The average Bonchev–Trinajstić information content (AvgIpc) is 3.00. The van der Waals surface area contributed by atoms with E-state index in [-0.39, 0.29) is 5.91 Å². The summed E-state index contributed by atoms with van der Waals surface area (Å²) in [6.07, 6.45) is 1.90. The fraction of sp³-hybridized carbons (Fsp3) is 0.0667. The predicted octanol–water partition coefficient (Wildman–Crippen LogP) is 4.71. The highest BCUT2D eigenvalue weighted by Gasteiger charge is 2.23. The second-order valence-electron chi connectivity index (χ2n) is 4.41. The van der Waals surface area contributed by atoms with Crippen LogP contribution < -0.4 is 5.32 Å². The van der Waals surface area contributed by atoms with Gasteiger partial charge in [-0.1, -0.05) is 15.9 Å². The number of amides is 1. The Morgan fingerprint density at radius 1 is 1.19 bits per heavy atom. The molecule has 0 unspecified atom stereocenters. The fourth-order valence-electron chi connectivity index (χ4n) is 1.77. The monoisotopic (exact) mass is 378 g/mol. The van der Waals surface area contributed by atoms with Gasteiger partial charge in [0, 0.05) is 14.2 Å². The summed E-state index contributed by atoms with van der Waals surface area (Å²) >= 11 is 6.42. The summed E-state index contributed by atoms with van der Waals surface area (Å²) in [5, 5.41) is 3.41. The Kier molecular flexibility index (Phi) is 4.28. The molecule has 1 aromatic heterocycles. The minimum atomic E-state index is -0.0954. The molecule has 1 aliphatic heterocycles. The van der Waals surface area contributed by atoms with Crippen molar-refractivity contribution in [2.75, 3.05) is 0 Å². The molecular formula is C15H11BrN2OS2. The Balaban J connectivity index is 1.81. The molecule has 0 atom stereocenters. The van der Waals surface area contributed by atoms with Gasteiger partial charge in [0.15, 0.2) is 5.17 Å². The van der Waals surface area contributed by atoms with Crippen molar-refractivity contribution in [1.29, 1.82) is 0 Å². The average molecular weight is 379 g/mol. The van der Waals surface area contributed by atoms with Gasteiger partial charge in [-0.05, 0) is 61.2 Å². The first-order valence-corrected chi connectivity index (χ1v) is 8.64. The zero-order chi connectivity index (χ0) is 14.8. The number of hydrogen-bond donors (Lipinski definition) is 1. The number of aryl methyl sites for hydroxylation is 1. The van der Waals surface area contributed by atoms with Crippen LogP contribution in [-0.2, 0) is 4.79 Å². The Hall–Kier alpha value is -1.37. The topological polar surface area (TPSA) is 41.5 Å². The van der Waals surface area contributed by atoms with Crippen molar-refractivity contribution in [2.24, 2.45) is 4.99 Å². The number of halogens is 1. The molecule has 0 radical (unpaired) electrons. The number of amidine groups is 1. The van der Waals surface area contributed by atoms with Crippen LogP contribution in [0.5, 0.6) is 0 Å². The Labute approximate surface area is 139 Å². The van der Waals surface area contributed by atoms with Gasteiger partial charge in [0.05, 0.1) is 10.6 Å². The van der Waals surface area contributed by atoms with Crippen LogP contribution in [0.1, 0.15) is 9.75 Å². The van der Waals surface area contributed by atoms with Crippen molar-refractivity contribution < 1.29 is 4.79 Å². The number of carbonyl (C=O) groups is 1. The number of thioether (sulfide) groups is 1. The molecule has 1 aromatic carbocycles. The number of nitrogens with one attached hydrogen (secondary N) is 1. The normalized spacial score (nSPS) is 18.5. The maximum Gasteiger partial charge on any atom is 0.264 e. The van der Waals surface area contributed by atoms with Crippen molar-refractivity contribution in [1.82, 2.24) is 5.32 Å². The molecule has 3 nitrogen and oxygen atoms in total. The number of hydrogen-bond acceptors (Lipinski definition) is 4. The van der Waals surface area contributed by atoms with E-state index in [1.165, 1.54) is 16.6 Å². The lowest BCUT2D eigenvalue weighted by Crippen LogP contribution is -2.19. The van der Waals surface area contributed by atoms with Gasteiger partial charge in [-0.3, -0.25) is 4.79 Å². The molecule has 1 N–H and O–H groups in total. The lowest BCUT2D eigenvalue weighted by Gasteiger charge is -1.96. The molecule has 21 heavy (non-hydrogen) atoms. The number of thiophene rings is 1. The quantitative estimate of drug-likeness (QED) is 0.768. The molecule has 1 aliphatic rings. The van der Waals surface area contributed by atoms with E-state index < -0.39 is 0 Å². The van der Waals surface area contributed by atoms with Gasteiger partial charge < -0.3 is 5.32 Å². The summed E-state index contributed by atoms with van der Waals surface area (Å²) in [7, 11) is 0. The summed E-state index contributed by atoms with van der Waals surface area (Å²) < 4.78 is 1.00. The van der Waals surface area contributed by atoms with E-state index >= 15 is 0 Å². The molecule has 1 saturated heterocycles. The molecule has 106 valence electrons. The van der Waals surface area contributed by atoms with Crippen molar-refractivity contribution in [3.8, 4) is 0 Å². The number of benzene rings is 1. The maximum absolute atomic E-state index is 12.0. The molecule has 6 heteroatoms. The summed E-state index contributed by atoms with van der Waals surface area (Å²) in [5.41, 5.74) is 0.814. The zero-order valence-electron chi connectivity index (χ0n) is 11.1. The summed E-state index contributed by atoms with van der Waals surface area (Å²) in [6, 6.07) is 11.7. The van der Waals surface area contributed by atoms with Gasteiger partial charge in [0.25, 0.3) is 5.91 Å². The van der Waals surface area contributed by atoms with Gasteiger partial charge >= 0.3 is 0 Å². The Bertz CT molecular complexity index is 747. The van der Waals surface area contributed by atoms with Crippen LogP contribution in [0.15, 0.2) is 50.8 Å².